The molecule has 1 fully saturated rings. The Morgan fingerprint density at radius 3 is 2.77 bits per heavy atom. The Bertz CT molecular complexity index is 543. The number of likely N-dealkylation sites (N-methyl/N-ethyl adjacent to an activating group) is 1. The standard InChI is InChI=1S/C17H24ClN3O/c1-4-14-12-21(9-8-20(14)3)16(11-19)13-6-7-17(22-5-2)15(18)10-13/h6-7,10,14,16H,4-5,8-9,12H2,1-3H3. The highest BCUT2D eigenvalue weighted by Gasteiger charge is 2.29. The van der Waals surface area contributed by atoms with Crippen LogP contribution in [0.5, 0.6) is 5.75 Å². The summed E-state index contributed by atoms with van der Waals surface area (Å²) in [4.78, 5) is 4.62. The Morgan fingerprint density at radius 2 is 2.18 bits per heavy atom. The van der Waals surface area contributed by atoms with Crippen molar-refractivity contribution in [3.8, 4) is 11.8 Å². The first-order chi connectivity index (χ1) is 10.6. The molecular weight excluding hydrogens is 298 g/mol. The quantitative estimate of drug-likeness (QED) is 0.834. The van der Waals surface area contributed by atoms with E-state index in [4.69, 9.17) is 16.3 Å². The van der Waals surface area contributed by atoms with Gasteiger partial charge in [-0.15, -0.1) is 0 Å². The fourth-order valence-electron chi connectivity index (χ4n) is 2.97. The summed E-state index contributed by atoms with van der Waals surface area (Å²) in [6.45, 7) is 7.50. The van der Waals surface area contributed by atoms with Gasteiger partial charge < -0.3 is 9.64 Å². The molecule has 1 aromatic rings. The van der Waals surface area contributed by atoms with E-state index in [0.29, 0.717) is 23.4 Å². The summed E-state index contributed by atoms with van der Waals surface area (Å²) in [5.41, 5.74) is 0.940. The molecule has 4 nitrogen and oxygen atoms in total. The predicted octanol–water partition coefficient (Wildman–Crippen LogP) is 3.33. The van der Waals surface area contributed by atoms with Crippen molar-refractivity contribution < 1.29 is 4.74 Å². The van der Waals surface area contributed by atoms with Crippen molar-refractivity contribution in [3.05, 3.63) is 28.8 Å². The molecule has 22 heavy (non-hydrogen) atoms. The van der Waals surface area contributed by atoms with Gasteiger partial charge in [0.1, 0.15) is 11.8 Å². The molecule has 1 aliphatic heterocycles. The second kappa shape index (κ2) is 7.82. The van der Waals surface area contributed by atoms with Crippen LogP contribution in [0.4, 0.5) is 0 Å². The number of hydrogen-bond acceptors (Lipinski definition) is 4. The summed E-state index contributed by atoms with van der Waals surface area (Å²) < 4.78 is 5.46. The first-order valence-corrected chi connectivity index (χ1v) is 8.24. The third-order valence-electron chi connectivity index (χ3n) is 4.34. The molecule has 0 saturated carbocycles. The van der Waals surface area contributed by atoms with Gasteiger partial charge in [0.05, 0.1) is 17.7 Å². The van der Waals surface area contributed by atoms with Gasteiger partial charge in [-0.1, -0.05) is 24.6 Å². The second-order valence-corrected chi connectivity index (χ2v) is 6.10. The zero-order chi connectivity index (χ0) is 16.1. The third-order valence-corrected chi connectivity index (χ3v) is 4.63. The van der Waals surface area contributed by atoms with Gasteiger partial charge in [0.25, 0.3) is 0 Å². The summed E-state index contributed by atoms with van der Waals surface area (Å²) in [6, 6.07) is 8.35. The minimum absolute atomic E-state index is 0.254. The average Bonchev–Trinajstić information content (AvgIpc) is 2.52. The number of hydrogen-bond donors (Lipinski definition) is 0. The van der Waals surface area contributed by atoms with Gasteiger partial charge in [-0.25, -0.2) is 0 Å². The molecule has 0 spiro atoms. The van der Waals surface area contributed by atoms with Crippen LogP contribution in [0.25, 0.3) is 0 Å². The van der Waals surface area contributed by atoms with Crippen molar-refractivity contribution in [3.63, 3.8) is 0 Å². The summed E-state index contributed by atoms with van der Waals surface area (Å²) in [5.74, 6) is 0.675. The molecule has 2 unspecified atom stereocenters. The highest BCUT2D eigenvalue weighted by Crippen LogP contribution is 2.31. The highest BCUT2D eigenvalue weighted by atomic mass is 35.5. The van der Waals surface area contributed by atoms with Gasteiger partial charge in [-0.3, -0.25) is 4.90 Å². The first-order valence-electron chi connectivity index (χ1n) is 7.86. The summed E-state index contributed by atoms with van der Waals surface area (Å²) in [6.07, 6.45) is 1.09. The van der Waals surface area contributed by atoms with Crippen LogP contribution in [0.3, 0.4) is 0 Å². The lowest BCUT2D eigenvalue weighted by molar-refractivity contribution is 0.0773. The van der Waals surface area contributed by atoms with Crippen LogP contribution in [0.15, 0.2) is 18.2 Å². The van der Waals surface area contributed by atoms with Crippen LogP contribution in [-0.2, 0) is 0 Å². The van der Waals surface area contributed by atoms with E-state index < -0.39 is 0 Å². The average molecular weight is 322 g/mol. The van der Waals surface area contributed by atoms with Crippen LogP contribution in [0.1, 0.15) is 31.9 Å². The molecule has 1 aliphatic rings. The van der Waals surface area contributed by atoms with Gasteiger partial charge in [-0.05, 0) is 38.1 Å². The Balaban J connectivity index is 2.18. The molecule has 2 atom stereocenters. The van der Waals surface area contributed by atoms with E-state index in [9.17, 15) is 5.26 Å². The highest BCUT2D eigenvalue weighted by molar-refractivity contribution is 6.32. The molecule has 120 valence electrons. The van der Waals surface area contributed by atoms with Crippen LogP contribution in [-0.4, -0.2) is 49.1 Å². The smallest absolute Gasteiger partial charge is 0.137 e. The minimum atomic E-state index is -0.254. The largest absolute Gasteiger partial charge is 0.492 e. The molecule has 0 N–H and O–H groups in total. The Labute approximate surface area is 138 Å². The summed E-state index contributed by atoms with van der Waals surface area (Å²) in [7, 11) is 2.15. The molecule has 1 heterocycles. The Morgan fingerprint density at radius 1 is 1.41 bits per heavy atom. The lowest BCUT2D eigenvalue weighted by Crippen LogP contribution is -2.51. The maximum Gasteiger partial charge on any atom is 0.137 e. The monoisotopic (exact) mass is 321 g/mol. The van der Waals surface area contributed by atoms with Crippen molar-refractivity contribution in [1.82, 2.24) is 9.80 Å². The fourth-order valence-corrected chi connectivity index (χ4v) is 3.22. The van der Waals surface area contributed by atoms with E-state index in [2.05, 4.69) is 29.8 Å². The Kier molecular flexibility index (Phi) is 6.07. The van der Waals surface area contributed by atoms with Crippen molar-refractivity contribution in [1.29, 1.82) is 5.26 Å². The summed E-state index contributed by atoms with van der Waals surface area (Å²) in [5, 5.41) is 10.2. The lowest BCUT2D eigenvalue weighted by Gasteiger charge is -2.41. The normalized spacial score (nSPS) is 21.3. The molecule has 0 radical (unpaired) electrons. The van der Waals surface area contributed by atoms with E-state index in [0.717, 1.165) is 31.6 Å². The third kappa shape index (κ3) is 3.73. The first kappa shape index (κ1) is 17.1. The van der Waals surface area contributed by atoms with E-state index in [1.807, 2.05) is 25.1 Å². The molecule has 0 bridgehead atoms. The predicted molar refractivity (Wildman–Crippen MR) is 89.3 cm³/mol. The second-order valence-electron chi connectivity index (χ2n) is 5.69. The number of nitriles is 1. The van der Waals surface area contributed by atoms with E-state index in [1.165, 1.54) is 0 Å². The van der Waals surface area contributed by atoms with E-state index in [-0.39, 0.29) is 6.04 Å². The van der Waals surface area contributed by atoms with Crippen molar-refractivity contribution in [2.75, 3.05) is 33.3 Å². The zero-order valence-corrected chi connectivity index (χ0v) is 14.3. The van der Waals surface area contributed by atoms with Gasteiger partial charge in [0.15, 0.2) is 0 Å². The molecular formula is C17H24ClN3O. The van der Waals surface area contributed by atoms with Crippen LogP contribution >= 0.6 is 11.6 Å². The number of nitrogens with zero attached hydrogens (tertiary/aromatic N) is 3. The molecule has 0 amide bonds. The van der Waals surface area contributed by atoms with E-state index >= 15 is 0 Å². The van der Waals surface area contributed by atoms with Crippen LogP contribution in [0, 0.1) is 11.3 Å². The van der Waals surface area contributed by atoms with Gasteiger partial charge >= 0.3 is 0 Å². The lowest BCUT2D eigenvalue weighted by atomic mass is 10.0. The molecule has 1 aromatic carbocycles. The maximum absolute atomic E-state index is 9.64. The van der Waals surface area contributed by atoms with Gasteiger partial charge in [0.2, 0.25) is 0 Å². The van der Waals surface area contributed by atoms with Gasteiger partial charge in [-0.2, -0.15) is 5.26 Å². The molecule has 1 saturated heterocycles. The number of benzene rings is 1. The molecule has 5 heteroatoms. The molecule has 0 aliphatic carbocycles. The Hall–Kier alpha value is -1.28. The zero-order valence-electron chi connectivity index (χ0n) is 13.6. The fraction of sp³-hybridized carbons (Fsp3) is 0.588. The minimum Gasteiger partial charge on any atom is -0.492 e. The number of rotatable bonds is 5. The van der Waals surface area contributed by atoms with Crippen LogP contribution in [0.2, 0.25) is 5.02 Å². The number of ether oxygens (including phenoxy) is 1. The van der Waals surface area contributed by atoms with E-state index in [1.54, 1.807) is 0 Å². The van der Waals surface area contributed by atoms with Crippen LogP contribution < -0.4 is 4.74 Å². The van der Waals surface area contributed by atoms with Crippen molar-refractivity contribution in [2.45, 2.75) is 32.4 Å². The van der Waals surface area contributed by atoms with Gasteiger partial charge in [0, 0.05) is 25.7 Å². The topological polar surface area (TPSA) is 39.5 Å². The summed E-state index contributed by atoms with van der Waals surface area (Å²) >= 11 is 6.27. The maximum atomic E-state index is 9.64. The number of piperazine rings is 1. The molecule has 2 rings (SSSR count). The molecule has 0 aromatic heterocycles. The van der Waals surface area contributed by atoms with Crippen molar-refractivity contribution in [2.24, 2.45) is 0 Å². The SMILES string of the molecule is CCOc1ccc(C(C#N)N2CCN(C)C(CC)C2)cc1Cl. The number of halogens is 1. The van der Waals surface area contributed by atoms with Crippen molar-refractivity contribution >= 4 is 11.6 Å².